The second-order valence-electron chi connectivity index (χ2n) is 6.34. The summed E-state index contributed by atoms with van der Waals surface area (Å²) in [7, 11) is 0. The van der Waals surface area contributed by atoms with Crippen LogP contribution in [0.25, 0.3) is 0 Å². The van der Waals surface area contributed by atoms with Crippen LogP contribution in [0.3, 0.4) is 0 Å². The average Bonchev–Trinajstić information content (AvgIpc) is 2.69. The minimum atomic E-state index is -0.614. The Kier molecular flexibility index (Phi) is 8.80. The largest absolute Gasteiger partial charge is 0.483 e. The van der Waals surface area contributed by atoms with Gasteiger partial charge in [-0.15, -0.1) is 0 Å². The molecular formula is C21H24BrClN2O3. The van der Waals surface area contributed by atoms with Crippen LogP contribution in [0.4, 0.5) is 0 Å². The third kappa shape index (κ3) is 6.53. The monoisotopic (exact) mass is 466 g/mol. The Morgan fingerprint density at radius 2 is 1.93 bits per heavy atom. The van der Waals surface area contributed by atoms with Gasteiger partial charge < -0.3 is 15.0 Å². The molecule has 1 N–H and O–H groups in total. The van der Waals surface area contributed by atoms with Crippen molar-refractivity contribution in [3.63, 3.8) is 0 Å². The van der Waals surface area contributed by atoms with Crippen molar-refractivity contribution in [3.05, 3.63) is 63.6 Å². The number of rotatable bonds is 9. The Labute approximate surface area is 179 Å². The maximum Gasteiger partial charge on any atom is 0.261 e. The molecular weight excluding hydrogens is 444 g/mol. The number of benzene rings is 2. The van der Waals surface area contributed by atoms with Crippen molar-refractivity contribution in [3.8, 4) is 5.75 Å². The van der Waals surface area contributed by atoms with Crippen LogP contribution >= 0.6 is 27.5 Å². The highest BCUT2D eigenvalue weighted by molar-refractivity contribution is 9.10. The number of carbonyl (C=O) groups excluding carboxylic acids is 2. The maximum atomic E-state index is 12.9. The van der Waals surface area contributed by atoms with Gasteiger partial charge in [-0.1, -0.05) is 48.9 Å². The zero-order valence-corrected chi connectivity index (χ0v) is 18.3. The Bertz CT molecular complexity index is 801. The van der Waals surface area contributed by atoms with Gasteiger partial charge in [0.05, 0.1) is 4.47 Å². The third-order valence-corrected chi connectivity index (χ3v) is 5.01. The number of halogens is 2. The molecule has 7 heteroatoms. The molecule has 1 unspecified atom stereocenters. The van der Waals surface area contributed by atoms with Gasteiger partial charge in [0, 0.05) is 18.1 Å². The van der Waals surface area contributed by atoms with Crippen molar-refractivity contribution >= 4 is 39.3 Å². The summed E-state index contributed by atoms with van der Waals surface area (Å²) in [6.45, 7) is 4.43. The number of nitrogens with one attached hydrogen (secondary N) is 1. The van der Waals surface area contributed by atoms with Crippen LogP contribution in [0, 0.1) is 0 Å². The summed E-state index contributed by atoms with van der Waals surface area (Å²) in [4.78, 5) is 26.9. The summed E-state index contributed by atoms with van der Waals surface area (Å²) in [6, 6.07) is 14.0. The van der Waals surface area contributed by atoms with Gasteiger partial charge >= 0.3 is 0 Å². The molecule has 0 aliphatic carbocycles. The lowest BCUT2D eigenvalue weighted by Crippen LogP contribution is -2.49. The van der Waals surface area contributed by atoms with Crippen LogP contribution in [0.1, 0.15) is 25.8 Å². The predicted molar refractivity (Wildman–Crippen MR) is 114 cm³/mol. The van der Waals surface area contributed by atoms with E-state index in [-0.39, 0.29) is 18.4 Å². The van der Waals surface area contributed by atoms with E-state index in [2.05, 4.69) is 21.2 Å². The molecule has 5 nitrogen and oxygen atoms in total. The zero-order chi connectivity index (χ0) is 20.5. The fourth-order valence-corrected chi connectivity index (χ4v) is 3.37. The molecule has 0 spiro atoms. The van der Waals surface area contributed by atoms with E-state index >= 15 is 0 Å². The summed E-state index contributed by atoms with van der Waals surface area (Å²) < 4.78 is 6.32. The van der Waals surface area contributed by atoms with Crippen LogP contribution < -0.4 is 10.1 Å². The molecule has 0 aliphatic rings. The highest BCUT2D eigenvalue weighted by Crippen LogP contribution is 2.28. The fraction of sp³-hybridized carbons (Fsp3) is 0.333. The van der Waals surface area contributed by atoms with Gasteiger partial charge in [-0.2, -0.15) is 0 Å². The fourth-order valence-electron chi connectivity index (χ4n) is 2.57. The van der Waals surface area contributed by atoms with E-state index < -0.39 is 6.04 Å². The summed E-state index contributed by atoms with van der Waals surface area (Å²) >= 11 is 9.30. The van der Waals surface area contributed by atoms with Crippen LogP contribution in [-0.4, -0.2) is 35.9 Å². The predicted octanol–water partition coefficient (Wildman–Crippen LogP) is 4.42. The molecule has 28 heavy (non-hydrogen) atoms. The van der Waals surface area contributed by atoms with E-state index in [9.17, 15) is 9.59 Å². The molecule has 0 bridgehead atoms. The van der Waals surface area contributed by atoms with Crippen LogP contribution in [0.15, 0.2) is 53.0 Å². The highest BCUT2D eigenvalue weighted by atomic mass is 79.9. The zero-order valence-electron chi connectivity index (χ0n) is 16.0. The first-order valence-electron chi connectivity index (χ1n) is 9.11. The Morgan fingerprint density at radius 1 is 1.21 bits per heavy atom. The minimum absolute atomic E-state index is 0.182. The molecule has 0 saturated heterocycles. The van der Waals surface area contributed by atoms with E-state index in [1.54, 1.807) is 25.1 Å². The number of nitrogens with zero attached hydrogens (tertiary/aromatic N) is 1. The first-order valence-corrected chi connectivity index (χ1v) is 10.3. The molecule has 0 radical (unpaired) electrons. The molecule has 0 saturated carbocycles. The first kappa shape index (κ1) is 22.2. The van der Waals surface area contributed by atoms with Crippen molar-refractivity contribution in [2.45, 2.75) is 32.9 Å². The highest BCUT2D eigenvalue weighted by Gasteiger charge is 2.26. The van der Waals surface area contributed by atoms with Crippen molar-refractivity contribution in [2.24, 2.45) is 0 Å². The van der Waals surface area contributed by atoms with Gasteiger partial charge in [0.25, 0.3) is 5.91 Å². The molecule has 0 aliphatic heterocycles. The number of hydrogen-bond acceptors (Lipinski definition) is 3. The van der Waals surface area contributed by atoms with Crippen molar-refractivity contribution in [1.82, 2.24) is 10.2 Å². The van der Waals surface area contributed by atoms with Crippen LogP contribution in [0.2, 0.25) is 5.02 Å². The SMILES string of the molecule is CCCNC(=O)C(C)N(Cc1ccccc1)C(=O)COc1ccc(Cl)cc1Br. The maximum absolute atomic E-state index is 12.9. The topological polar surface area (TPSA) is 58.6 Å². The minimum Gasteiger partial charge on any atom is -0.483 e. The van der Waals surface area contributed by atoms with Gasteiger partial charge in [0.1, 0.15) is 11.8 Å². The van der Waals surface area contributed by atoms with Gasteiger partial charge in [0.2, 0.25) is 5.91 Å². The lowest BCUT2D eigenvalue weighted by molar-refractivity contribution is -0.142. The number of ether oxygens (including phenoxy) is 1. The molecule has 2 aromatic rings. The molecule has 2 amide bonds. The number of amides is 2. The van der Waals surface area contributed by atoms with Gasteiger partial charge in [-0.05, 0) is 53.0 Å². The molecule has 150 valence electrons. The van der Waals surface area contributed by atoms with Crippen molar-refractivity contribution < 1.29 is 14.3 Å². The molecule has 0 heterocycles. The normalized spacial score (nSPS) is 11.6. The Balaban J connectivity index is 2.12. The molecule has 0 fully saturated rings. The van der Waals surface area contributed by atoms with E-state index in [0.29, 0.717) is 28.3 Å². The van der Waals surface area contributed by atoms with Crippen molar-refractivity contribution in [2.75, 3.05) is 13.2 Å². The number of carbonyl (C=O) groups is 2. The Morgan fingerprint density at radius 3 is 2.57 bits per heavy atom. The van der Waals surface area contributed by atoms with E-state index in [1.807, 2.05) is 37.3 Å². The molecule has 2 aromatic carbocycles. The average molecular weight is 468 g/mol. The summed E-state index contributed by atoms with van der Waals surface area (Å²) in [5.74, 6) is 0.0594. The summed E-state index contributed by atoms with van der Waals surface area (Å²) in [5, 5.41) is 3.41. The quantitative estimate of drug-likeness (QED) is 0.594. The van der Waals surface area contributed by atoms with E-state index in [1.165, 1.54) is 4.90 Å². The third-order valence-electron chi connectivity index (χ3n) is 4.16. The molecule has 0 aromatic heterocycles. The van der Waals surface area contributed by atoms with Crippen molar-refractivity contribution in [1.29, 1.82) is 0 Å². The first-order chi connectivity index (χ1) is 13.4. The summed E-state index contributed by atoms with van der Waals surface area (Å²) in [6.07, 6.45) is 0.832. The second-order valence-corrected chi connectivity index (χ2v) is 7.63. The van der Waals surface area contributed by atoms with E-state index in [0.717, 1.165) is 12.0 Å². The van der Waals surface area contributed by atoms with Gasteiger partial charge in [-0.25, -0.2) is 0 Å². The van der Waals surface area contributed by atoms with Crippen LogP contribution in [-0.2, 0) is 16.1 Å². The summed E-state index contributed by atoms with van der Waals surface area (Å²) in [5.41, 5.74) is 0.943. The van der Waals surface area contributed by atoms with Crippen LogP contribution in [0.5, 0.6) is 5.75 Å². The molecule has 2 rings (SSSR count). The Hall–Kier alpha value is -2.05. The lowest BCUT2D eigenvalue weighted by Gasteiger charge is -2.28. The standard InChI is InChI=1S/C21H24BrClN2O3/c1-3-11-24-21(27)15(2)25(13-16-7-5-4-6-8-16)20(26)14-28-19-10-9-17(23)12-18(19)22/h4-10,12,15H,3,11,13-14H2,1-2H3,(H,24,27). The molecule has 1 atom stereocenters. The van der Waals surface area contributed by atoms with E-state index in [4.69, 9.17) is 16.3 Å². The lowest BCUT2D eigenvalue weighted by atomic mass is 10.1. The number of hydrogen-bond donors (Lipinski definition) is 1. The second kappa shape index (κ2) is 11.1. The smallest absolute Gasteiger partial charge is 0.261 e. The van der Waals surface area contributed by atoms with Gasteiger partial charge in [-0.3, -0.25) is 9.59 Å². The van der Waals surface area contributed by atoms with Gasteiger partial charge in [0.15, 0.2) is 6.61 Å².